The van der Waals surface area contributed by atoms with Crippen LogP contribution in [0.1, 0.15) is 35.6 Å². The number of hydrogen-bond acceptors (Lipinski definition) is 4. The predicted octanol–water partition coefficient (Wildman–Crippen LogP) is 4.61. The van der Waals surface area contributed by atoms with Crippen molar-refractivity contribution >= 4 is 15.5 Å². The minimum atomic E-state index is -3.68. The summed E-state index contributed by atoms with van der Waals surface area (Å²) in [6.45, 7) is 8.46. The van der Waals surface area contributed by atoms with Crippen molar-refractivity contribution in [3.63, 3.8) is 0 Å². The zero-order valence-corrected chi connectivity index (χ0v) is 16.8. The number of fused-ring (bicyclic) bond motifs is 1. The third kappa shape index (κ3) is 4.19. The van der Waals surface area contributed by atoms with Gasteiger partial charge in [-0.1, -0.05) is 25.1 Å². The molecule has 0 amide bonds. The fourth-order valence-electron chi connectivity index (χ4n) is 3.29. The van der Waals surface area contributed by atoms with Crippen LogP contribution in [0.4, 0.5) is 14.5 Å². The van der Waals surface area contributed by atoms with Crippen LogP contribution in [0.5, 0.6) is 0 Å². The maximum atomic E-state index is 14.0. The summed E-state index contributed by atoms with van der Waals surface area (Å²) < 4.78 is 58.5. The second-order valence-corrected chi connectivity index (χ2v) is 9.06. The lowest BCUT2D eigenvalue weighted by atomic mass is 10.1. The monoisotopic (exact) mass is 407 g/mol. The quantitative estimate of drug-likeness (QED) is 0.702. The molecule has 0 radical (unpaired) electrons. The summed E-state index contributed by atoms with van der Waals surface area (Å²) in [5, 5.41) is 0. The van der Waals surface area contributed by atoms with Crippen molar-refractivity contribution in [2.75, 3.05) is 11.4 Å². The molecule has 0 aliphatic carbocycles. The lowest BCUT2D eigenvalue weighted by Gasteiger charge is -2.32. The van der Waals surface area contributed by atoms with E-state index in [4.69, 9.17) is 4.74 Å². The van der Waals surface area contributed by atoms with Crippen LogP contribution in [-0.2, 0) is 32.7 Å². The molecule has 1 aliphatic heterocycles. The van der Waals surface area contributed by atoms with Gasteiger partial charge in [-0.3, -0.25) is 0 Å². The highest BCUT2D eigenvalue weighted by molar-refractivity contribution is 7.89. The Hall–Kier alpha value is -2.41. The van der Waals surface area contributed by atoms with Crippen molar-refractivity contribution in [2.24, 2.45) is 0 Å². The second-order valence-electron chi connectivity index (χ2n) is 7.00. The van der Waals surface area contributed by atoms with Crippen LogP contribution in [0, 0.1) is 18.6 Å². The maximum absolute atomic E-state index is 14.0. The Morgan fingerprint density at radius 3 is 2.61 bits per heavy atom. The lowest BCUT2D eigenvalue weighted by Crippen LogP contribution is -2.29. The van der Waals surface area contributed by atoms with Gasteiger partial charge in [0.25, 0.3) is 0 Å². The van der Waals surface area contributed by atoms with Crippen molar-refractivity contribution < 1.29 is 21.9 Å². The van der Waals surface area contributed by atoms with Gasteiger partial charge in [0.15, 0.2) is 27.4 Å². The van der Waals surface area contributed by atoms with E-state index < -0.39 is 27.2 Å². The first kappa shape index (κ1) is 20.3. The van der Waals surface area contributed by atoms with Gasteiger partial charge in [0.2, 0.25) is 0 Å². The summed E-state index contributed by atoms with van der Waals surface area (Å²) in [7, 11) is -3.68. The molecule has 3 rings (SSSR count). The molecule has 1 aliphatic rings. The molecular weight excluding hydrogens is 384 g/mol. The molecule has 150 valence electrons. The fraction of sp³-hybridized carbons (Fsp3) is 0.333. The topological polar surface area (TPSA) is 46.6 Å². The summed E-state index contributed by atoms with van der Waals surface area (Å²) in [6.07, 6.45) is 0.913. The van der Waals surface area contributed by atoms with Crippen LogP contribution < -0.4 is 4.90 Å². The summed E-state index contributed by atoms with van der Waals surface area (Å²) >= 11 is 0. The number of ether oxygens (including phenoxy) is 1. The predicted molar refractivity (Wildman–Crippen MR) is 105 cm³/mol. The summed E-state index contributed by atoms with van der Waals surface area (Å²) in [5.41, 5.74) is 2.40. The molecule has 0 atom stereocenters. The lowest BCUT2D eigenvalue weighted by molar-refractivity contribution is 0.181. The number of nitrogens with zero attached hydrogens (tertiary/aromatic N) is 1. The molecule has 0 saturated carbocycles. The summed E-state index contributed by atoms with van der Waals surface area (Å²) in [5.74, 6) is -2.34. The molecule has 7 heteroatoms. The van der Waals surface area contributed by atoms with Crippen LogP contribution in [0.2, 0.25) is 0 Å². The van der Waals surface area contributed by atoms with E-state index in [1.807, 2.05) is 11.0 Å². The highest BCUT2D eigenvalue weighted by Crippen LogP contribution is 2.32. The van der Waals surface area contributed by atoms with Crippen molar-refractivity contribution in [2.45, 2.75) is 38.4 Å². The number of benzene rings is 2. The normalized spacial score (nSPS) is 14.0. The molecule has 1 heterocycles. The van der Waals surface area contributed by atoms with Crippen molar-refractivity contribution in [3.8, 4) is 0 Å². The fourth-order valence-corrected chi connectivity index (χ4v) is 4.78. The average Bonchev–Trinajstić information content (AvgIpc) is 2.64. The number of rotatable bonds is 6. The minimum absolute atomic E-state index is 0.145. The van der Waals surface area contributed by atoms with Crippen LogP contribution in [0.3, 0.4) is 0 Å². The first-order chi connectivity index (χ1) is 13.2. The Labute approximate surface area is 164 Å². The smallest absolute Gasteiger partial charge is 0.186 e. The standard InChI is InChI=1S/C21H23F2NO3S/c1-4-9-24-15(3)27-11-18-10-16(6-8-19(18)24)12-28(25,26)13-17-7-5-14(2)20(22)21(17)23/h5-8,10H,3-4,9,11-13H2,1-2H3. The van der Waals surface area contributed by atoms with Crippen molar-refractivity contribution in [1.82, 2.24) is 0 Å². The molecule has 0 N–H and O–H groups in total. The van der Waals surface area contributed by atoms with Gasteiger partial charge in [-0.2, -0.15) is 0 Å². The SMILES string of the molecule is C=C1OCc2cc(CS(=O)(=O)Cc3ccc(C)c(F)c3F)ccc2N1CCC. The van der Waals surface area contributed by atoms with Crippen LogP contribution in [-0.4, -0.2) is 15.0 Å². The van der Waals surface area contributed by atoms with Crippen molar-refractivity contribution in [3.05, 3.63) is 76.7 Å². The van der Waals surface area contributed by atoms with E-state index in [0.29, 0.717) is 18.1 Å². The average molecular weight is 407 g/mol. The third-order valence-electron chi connectivity index (χ3n) is 4.69. The number of sulfone groups is 1. The van der Waals surface area contributed by atoms with Gasteiger partial charge >= 0.3 is 0 Å². The van der Waals surface area contributed by atoms with E-state index in [1.165, 1.54) is 19.1 Å². The molecule has 28 heavy (non-hydrogen) atoms. The van der Waals surface area contributed by atoms with Crippen LogP contribution in [0.25, 0.3) is 0 Å². The van der Waals surface area contributed by atoms with Crippen LogP contribution in [0.15, 0.2) is 42.8 Å². The molecule has 0 bridgehead atoms. The third-order valence-corrected chi connectivity index (χ3v) is 6.22. The molecule has 4 nitrogen and oxygen atoms in total. The summed E-state index contributed by atoms with van der Waals surface area (Å²) in [4.78, 5) is 1.96. The second kappa shape index (κ2) is 7.91. The zero-order chi connectivity index (χ0) is 20.5. The molecule has 0 saturated heterocycles. The van der Waals surface area contributed by atoms with Gasteiger partial charge < -0.3 is 9.64 Å². The Morgan fingerprint density at radius 1 is 1.14 bits per heavy atom. The Kier molecular flexibility index (Phi) is 5.74. The van der Waals surface area contributed by atoms with E-state index in [-0.39, 0.29) is 16.9 Å². The van der Waals surface area contributed by atoms with E-state index in [0.717, 1.165) is 24.2 Å². The van der Waals surface area contributed by atoms with Gasteiger partial charge in [0, 0.05) is 17.7 Å². The molecule has 2 aromatic rings. The molecule has 0 aromatic heterocycles. The van der Waals surface area contributed by atoms with E-state index >= 15 is 0 Å². The highest BCUT2D eigenvalue weighted by atomic mass is 32.2. The van der Waals surface area contributed by atoms with Crippen LogP contribution >= 0.6 is 0 Å². The molecule has 0 fully saturated rings. The first-order valence-electron chi connectivity index (χ1n) is 9.06. The first-order valence-corrected chi connectivity index (χ1v) is 10.9. The molecule has 0 unspecified atom stereocenters. The molecular formula is C21H23F2NO3S. The van der Waals surface area contributed by atoms with Gasteiger partial charge in [-0.25, -0.2) is 17.2 Å². The highest BCUT2D eigenvalue weighted by Gasteiger charge is 2.23. The largest absolute Gasteiger partial charge is 0.474 e. The van der Waals surface area contributed by atoms with E-state index in [9.17, 15) is 17.2 Å². The van der Waals surface area contributed by atoms with Gasteiger partial charge in [0.05, 0.1) is 17.2 Å². The number of hydrogen-bond donors (Lipinski definition) is 0. The summed E-state index contributed by atoms with van der Waals surface area (Å²) in [6, 6.07) is 8.09. The van der Waals surface area contributed by atoms with Gasteiger partial charge in [0.1, 0.15) is 6.61 Å². The number of anilines is 1. The Balaban J connectivity index is 1.82. The number of aryl methyl sites for hydroxylation is 1. The molecule has 2 aromatic carbocycles. The minimum Gasteiger partial charge on any atom is -0.474 e. The van der Waals surface area contributed by atoms with Gasteiger partial charge in [-0.15, -0.1) is 0 Å². The van der Waals surface area contributed by atoms with Crippen molar-refractivity contribution in [1.29, 1.82) is 0 Å². The zero-order valence-electron chi connectivity index (χ0n) is 16.0. The van der Waals surface area contributed by atoms with E-state index in [2.05, 4.69) is 13.5 Å². The molecule has 0 spiro atoms. The maximum Gasteiger partial charge on any atom is 0.186 e. The number of halogens is 2. The Morgan fingerprint density at radius 2 is 1.89 bits per heavy atom. The Bertz CT molecular complexity index is 1020. The van der Waals surface area contributed by atoms with E-state index in [1.54, 1.807) is 12.1 Å². The van der Waals surface area contributed by atoms with Gasteiger partial charge in [-0.05, 0) is 43.2 Å².